The second kappa shape index (κ2) is 22.0. The highest BCUT2D eigenvalue weighted by Crippen LogP contribution is 2.27. The topological polar surface area (TPSA) is 244 Å². The van der Waals surface area contributed by atoms with Crippen molar-refractivity contribution in [2.24, 2.45) is 5.92 Å². The zero-order chi connectivity index (χ0) is 46.6. The van der Waals surface area contributed by atoms with Gasteiger partial charge in [-0.2, -0.15) is 4.31 Å². The number of benzene rings is 4. The van der Waals surface area contributed by atoms with Crippen LogP contribution in [0.4, 0.5) is 16.2 Å². The fraction of sp³-hybridized carbons (Fsp3) is 0.348. The normalized spacial score (nSPS) is 16.4. The first-order chi connectivity index (χ1) is 30.5. The minimum absolute atomic E-state index is 0.0281. The zero-order valence-electron chi connectivity index (χ0n) is 36.1. The number of carboxylic acids is 1. The Bertz CT molecular complexity index is 2400. The maximum atomic E-state index is 13.8. The molecule has 7 N–H and O–H groups in total. The average Bonchev–Trinajstić information content (AvgIpc) is 3.70. The van der Waals surface area contributed by atoms with Gasteiger partial charge in [0.2, 0.25) is 33.7 Å². The molecule has 0 bridgehead atoms. The molecule has 1 heterocycles. The van der Waals surface area contributed by atoms with Gasteiger partial charge < -0.3 is 41.7 Å². The van der Waals surface area contributed by atoms with Crippen molar-refractivity contribution in [3.63, 3.8) is 0 Å². The lowest BCUT2D eigenvalue weighted by molar-refractivity contribution is -0.142. The number of hydrogen-bond acceptors (Lipinski definition) is 9. The monoisotopic (exact) mass is 897 g/mol. The molecule has 4 aromatic carbocycles. The van der Waals surface area contributed by atoms with Gasteiger partial charge in [-0.05, 0) is 84.8 Å². The third-order valence-corrected chi connectivity index (χ3v) is 13.0. The molecular formula is C46H55N7O10S. The fourth-order valence-electron chi connectivity index (χ4n) is 7.39. The first kappa shape index (κ1) is 48.2. The Labute approximate surface area is 372 Å². The number of nitrogens with one attached hydrogen (secondary N) is 5. The summed E-state index contributed by atoms with van der Waals surface area (Å²) in [6.07, 6.45) is 0.00678. The quantitative estimate of drug-likeness (QED) is 0.0713. The van der Waals surface area contributed by atoms with Gasteiger partial charge in [-0.15, -0.1) is 0 Å². The van der Waals surface area contributed by atoms with Crippen LogP contribution in [0.15, 0.2) is 108 Å². The summed E-state index contributed by atoms with van der Waals surface area (Å²) < 4.78 is 28.6. The fourth-order valence-corrected chi connectivity index (χ4v) is 9.05. The molecule has 18 heteroatoms. The van der Waals surface area contributed by atoms with E-state index in [1.807, 2.05) is 39.0 Å². The van der Waals surface area contributed by atoms with Crippen LogP contribution in [0.25, 0.3) is 0 Å². The van der Waals surface area contributed by atoms with E-state index < -0.39 is 63.9 Å². The number of phenols is 1. The van der Waals surface area contributed by atoms with Crippen molar-refractivity contribution < 1.29 is 47.4 Å². The number of aliphatic carboxylic acids is 1. The minimum Gasteiger partial charge on any atom is -0.508 e. The number of rotatable bonds is 19. The van der Waals surface area contributed by atoms with Crippen molar-refractivity contribution in [2.75, 3.05) is 30.8 Å². The number of carboxylic acid groups (broad SMARTS) is 1. The number of aryl methyl sites for hydroxylation is 1. The number of urea groups is 1. The third kappa shape index (κ3) is 12.9. The second-order valence-electron chi connectivity index (χ2n) is 15.8. The van der Waals surface area contributed by atoms with E-state index in [2.05, 4.69) is 26.6 Å². The van der Waals surface area contributed by atoms with Gasteiger partial charge >= 0.3 is 12.0 Å². The van der Waals surface area contributed by atoms with Crippen LogP contribution in [0.5, 0.6) is 5.75 Å². The number of para-hydroxylation sites is 1. The van der Waals surface area contributed by atoms with Gasteiger partial charge in [0.1, 0.15) is 23.9 Å². The third-order valence-electron chi connectivity index (χ3n) is 11.1. The number of carbonyl (C=O) groups is 6. The summed E-state index contributed by atoms with van der Waals surface area (Å²) in [5.74, 6) is -3.91. The molecular weight excluding hydrogens is 843 g/mol. The van der Waals surface area contributed by atoms with Crippen LogP contribution >= 0.6 is 0 Å². The predicted octanol–water partition coefficient (Wildman–Crippen LogP) is 4.03. The Morgan fingerprint density at radius 3 is 2.11 bits per heavy atom. The summed E-state index contributed by atoms with van der Waals surface area (Å²) in [6.45, 7) is 5.10. The Morgan fingerprint density at radius 1 is 0.844 bits per heavy atom. The zero-order valence-corrected chi connectivity index (χ0v) is 36.9. The maximum Gasteiger partial charge on any atom is 0.326 e. The summed E-state index contributed by atoms with van der Waals surface area (Å²) in [4.78, 5) is 80.2. The van der Waals surface area contributed by atoms with Crippen molar-refractivity contribution in [3.8, 4) is 5.75 Å². The lowest BCUT2D eigenvalue weighted by atomic mass is 9.96. The number of aromatic hydroxyl groups is 1. The van der Waals surface area contributed by atoms with Gasteiger partial charge in [0.15, 0.2) is 0 Å². The molecule has 1 aliphatic heterocycles. The van der Waals surface area contributed by atoms with E-state index in [1.54, 1.807) is 48.5 Å². The molecule has 1 fully saturated rings. The van der Waals surface area contributed by atoms with Crippen LogP contribution in [0.2, 0.25) is 0 Å². The smallest absolute Gasteiger partial charge is 0.326 e. The molecule has 1 unspecified atom stereocenters. The Hall–Kier alpha value is -6.79. The number of likely N-dealkylation sites (N-methyl/N-ethyl adjacent to an activating group) is 1. The van der Waals surface area contributed by atoms with Crippen molar-refractivity contribution in [1.82, 2.24) is 25.2 Å². The summed E-state index contributed by atoms with van der Waals surface area (Å²) in [6, 6.07) is 22.5. The molecule has 1 saturated heterocycles. The van der Waals surface area contributed by atoms with Gasteiger partial charge in [0.25, 0.3) is 0 Å². The minimum atomic E-state index is -4.28. The number of hydrogen-bond donors (Lipinski definition) is 7. The van der Waals surface area contributed by atoms with Crippen molar-refractivity contribution in [2.45, 2.75) is 81.9 Å². The van der Waals surface area contributed by atoms with Crippen molar-refractivity contribution >= 4 is 57.0 Å². The van der Waals surface area contributed by atoms with Crippen LogP contribution in [-0.2, 0) is 46.8 Å². The van der Waals surface area contributed by atoms with Gasteiger partial charge in [-0.1, -0.05) is 80.9 Å². The molecule has 5 rings (SSSR count). The van der Waals surface area contributed by atoms with Crippen LogP contribution in [-0.4, -0.2) is 108 Å². The summed E-state index contributed by atoms with van der Waals surface area (Å²) >= 11 is 0. The van der Waals surface area contributed by atoms with Crippen LogP contribution in [0.1, 0.15) is 49.8 Å². The van der Waals surface area contributed by atoms with Crippen LogP contribution in [0, 0.1) is 12.8 Å². The molecule has 6 amide bonds. The molecule has 4 aromatic rings. The molecule has 340 valence electrons. The van der Waals surface area contributed by atoms with Crippen molar-refractivity contribution in [3.05, 3.63) is 120 Å². The van der Waals surface area contributed by atoms with E-state index in [0.29, 0.717) is 28.9 Å². The number of carbonyl (C=O) groups excluding carboxylic acids is 5. The molecule has 0 radical (unpaired) electrons. The number of amides is 6. The lowest BCUT2D eigenvalue weighted by Gasteiger charge is -2.32. The van der Waals surface area contributed by atoms with Gasteiger partial charge in [0.05, 0.1) is 17.7 Å². The van der Waals surface area contributed by atoms with E-state index in [0.717, 1.165) is 9.87 Å². The molecule has 17 nitrogen and oxygen atoms in total. The first-order valence-electron chi connectivity index (χ1n) is 20.9. The molecule has 0 aliphatic carbocycles. The van der Waals surface area contributed by atoms with E-state index in [9.17, 15) is 47.4 Å². The van der Waals surface area contributed by atoms with E-state index in [4.69, 9.17) is 0 Å². The predicted molar refractivity (Wildman–Crippen MR) is 240 cm³/mol. The van der Waals surface area contributed by atoms with Gasteiger partial charge in [-0.25, -0.2) is 18.0 Å². The molecule has 0 spiro atoms. The number of sulfonamides is 1. The number of nitrogens with zero attached hydrogens (tertiary/aromatic N) is 2. The Morgan fingerprint density at radius 2 is 1.47 bits per heavy atom. The van der Waals surface area contributed by atoms with Gasteiger partial charge in [-0.3, -0.25) is 19.2 Å². The standard InChI is InChI=1S/C46H55N7O10S/c1-5-29(2)42(52(4)41(56)26-32-15-19-33(20-16-32)49-46(61)51-37-14-10-9-11-30(37)3)44(58)47-24-23-38(45(59)60)50-43(57)39-27-34(48-40(55)25-31-17-21-35(54)22-18-31)28-53(39)64(62,63)36-12-7-6-8-13-36/h6-22,29,34,38-39,42,54H,5,23-28H2,1-4H3,(H,47,58)(H,48,55)(H,50,57)(H,59,60)(H2,49,51,61)/t29?,34-,38-,39-,42-/m0/s1. The number of anilines is 2. The summed E-state index contributed by atoms with van der Waals surface area (Å²) in [5, 5.41) is 33.2. The van der Waals surface area contributed by atoms with E-state index in [1.165, 1.54) is 48.3 Å². The SMILES string of the molecule is CCC(C)[C@@H](C(=O)NCC[C@H](NC(=O)[C@@H]1C[C@H](NC(=O)Cc2ccc(O)cc2)CN1S(=O)(=O)c1ccccc1)C(=O)O)N(C)C(=O)Cc1ccc(NC(=O)Nc2ccccc2C)cc1. The summed E-state index contributed by atoms with van der Waals surface area (Å²) in [5.41, 5.74) is 3.33. The Balaban J connectivity index is 1.18. The van der Waals surface area contributed by atoms with Crippen molar-refractivity contribution in [1.29, 1.82) is 0 Å². The van der Waals surface area contributed by atoms with Crippen LogP contribution < -0.4 is 26.6 Å². The van der Waals surface area contributed by atoms with Gasteiger partial charge in [0, 0.05) is 37.6 Å². The second-order valence-corrected chi connectivity index (χ2v) is 17.7. The molecule has 64 heavy (non-hydrogen) atoms. The highest BCUT2D eigenvalue weighted by molar-refractivity contribution is 7.89. The largest absolute Gasteiger partial charge is 0.508 e. The highest BCUT2D eigenvalue weighted by Gasteiger charge is 2.45. The summed E-state index contributed by atoms with van der Waals surface area (Å²) in [7, 11) is -2.76. The van der Waals surface area contributed by atoms with Crippen LogP contribution in [0.3, 0.4) is 0 Å². The van der Waals surface area contributed by atoms with E-state index >= 15 is 0 Å². The molecule has 0 saturated carbocycles. The van der Waals surface area contributed by atoms with E-state index in [-0.39, 0.29) is 61.2 Å². The average molecular weight is 898 g/mol. The lowest BCUT2D eigenvalue weighted by Crippen LogP contribution is -2.53. The maximum absolute atomic E-state index is 13.8. The number of phenolic OH excluding ortho intramolecular Hbond substituents is 1. The Kier molecular flexibility index (Phi) is 16.6. The molecule has 0 aromatic heterocycles. The molecule has 5 atom stereocenters. The first-order valence-corrected chi connectivity index (χ1v) is 22.3. The highest BCUT2D eigenvalue weighted by atomic mass is 32.2. The molecule has 1 aliphatic rings.